The van der Waals surface area contributed by atoms with E-state index in [1.165, 1.54) is 61.4 Å². The first-order valence-corrected chi connectivity index (χ1v) is 10.8. The molecule has 1 aromatic heterocycles. The average molecular weight is 410 g/mol. The van der Waals surface area contributed by atoms with Gasteiger partial charge in [0.15, 0.2) is 0 Å². The molecule has 0 spiro atoms. The predicted octanol–water partition coefficient (Wildman–Crippen LogP) is 5.50. The minimum atomic E-state index is -0.288. The first-order chi connectivity index (χ1) is 14.1. The number of aryl methyl sites for hydroxylation is 1. The standard InChI is InChI=1S/C23H24FN3OS/c1-16-21(29-23(25-16)18-7-9-19(24)10-8-18)22(28)26-20-11-5-17(6-12-20)15-27-13-3-2-4-14-27/h5-12H,2-4,13-15H2,1H3,(H,26,28). The highest BCUT2D eigenvalue weighted by Crippen LogP contribution is 2.28. The molecule has 1 fully saturated rings. The Labute approximate surface area is 174 Å². The number of hydrogen-bond donors (Lipinski definition) is 1. The van der Waals surface area contributed by atoms with Crippen LogP contribution in [0.2, 0.25) is 0 Å². The molecule has 0 bridgehead atoms. The number of piperidine rings is 1. The highest BCUT2D eigenvalue weighted by Gasteiger charge is 2.17. The third-order valence-corrected chi connectivity index (χ3v) is 6.37. The third kappa shape index (κ3) is 4.89. The number of amides is 1. The Balaban J connectivity index is 1.42. The summed E-state index contributed by atoms with van der Waals surface area (Å²) in [6, 6.07) is 14.2. The smallest absolute Gasteiger partial charge is 0.267 e. The number of carbonyl (C=O) groups is 1. The Morgan fingerprint density at radius 2 is 1.76 bits per heavy atom. The fourth-order valence-corrected chi connectivity index (χ4v) is 4.55. The van der Waals surface area contributed by atoms with Gasteiger partial charge in [0.25, 0.3) is 5.91 Å². The van der Waals surface area contributed by atoms with E-state index in [4.69, 9.17) is 0 Å². The summed E-state index contributed by atoms with van der Waals surface area (Å²) >= 11 is 1.32. The van der Waals surface area contributed by atoms with Gasteiger partial charge in [-0.15, -0.1) is 11.3 Å². The second-order valence-electron chi connectivity index (χ2n) is 7.43. The molecule has 0 aliphatic carbocycles. The summed E-state index contributed by atoms with van der Waals surface area (Å²) < 4.78 is 13.1. The first kappa shape index (κ1) is 19.7. The molecule has 4 rings (SSSR count). The monoisotopic (exact) mass is 409 g/mol. The van der Waals surface area contributed by atoms with Gasteiger partial charge in [-0.25, -0.2) is 9.37 Å². The number of nitrogens with zero attached hydrogens (tertiary/aromatic N) is 2. The summed E-state index contributed by atoms with van der Waals surface area (Å²) in [5.74, 6) is -0.458. The molecule has 2 aromatic carbocycles. The number of likely N-dealkylation sites (tertiary alicyclic amines) is 1. The van der Waals surface area contributed by atoms with Crippen LogP contribution in [0.3, 0.4) is 0 Å². The van der Waals surface area contributed by atoms with E-state index in [1.807, 2.05) is 19.1 Å². The molecule has 0 atom stereocenters. The maximum absolute atomic E-state index is 13.1. The topological polar surface area (TPSA) is 45.2 Å². The zero-order valence-corrected chi connectivity index (χ0v) is 17.3. The lowest BCUT2D eigenvalue weighted by atomic mass is 10.1. The number of halogens is 1. The molecule has 4 nitrogen and oxygen atoms in total. The molecule has 0 unspecified atom stereocenters. The largest absolute Gasteiger partial charge is 0.321 e. The second kappa shape index (κ2) is 8.84. The van der Waals surface area contributed by atoms with Gasteiger partial charge in [-0.1, -0.05) is 18.6 Å². The van der Waals surface area contributed by atoms with Gasteiger partial charge in [0.05, 0.1) is 5.69 Å². The summed E-state index contributed by atoms with van der Waals surface area (Å²) in [6.45, 7) is 5.11. The molecule has 3 aromatic rings. The van der Waals surface area contributed by atoms with Crippen molar-refractivity contribution in [3.05, 3.63) is 70.5 Å². The van der Waals surface area contributed by atoms with Crippen molar-refractivity contribution in [2.45, 2.75) is 32.7 Å². The zero-order valence-electron chi connectivity index (χ0n) is 16.5. The van der Waals surface area contributed by atoms with Crippen LogP contribution in [0.15, 0.2) is 48.5 Å². The normalized spacial score (nSPS) is 14.7. The number of carbonyl (C=O) groups excluding carboxylic acids is 1. The van der Waals surface area contributed by atoms with Crippen molar-refractivity contribution in [3.8, 4) is 10.6 Å². The van der Waals surface area contributed by atoms with Gasteiger partial charge in [-0.05, 0) is 74.8 Å². The quantitative estimate of drug-likeness (QED) is 0.606. The summed E-state index contributed by atoms with van der Waals surface area (Å²) in [4.78, 5) is 20.3. The van der Waals surface area contributed by atoms with E-state index in [0.29, 0.717) is 15.6 Å². The maximum Gasteiger partial charge on any atom is 0.267 e. The van der Waals surface area contributed by atoms with Crippen molar-refractivity contribution in [2.24, 2.45) is 0 Å². The van der Waals surface area contributed by atoms with Crippen LogP contribution in [-0.4, -0.2) is 28.9 Å². The van der Waals surface area contributed by atoms with Gasteiger partial charge in [-0.2, -0.15) is 0 Å². The molecule has 1 amide bonds. The van der Waals surface area contributed by atoms with E-state index in [-0.39, 0.29) is 11.7 Å². The molecule has 2 heterocycles. The minimum Gasteiger partial charge on any atom is -0.321 e. The number of benzene rings is 2. The molecular formula is C23H24FN3OS. The highest BCUT2D eigenvalue weighted by atomic mass is 32.1. The molecule has 1 saturated heterocycles. The van der Waals surface area contributed by atoms with E-state index >= 15 is 0 Å². The van der Waals surface area contributed by atoms with Crippen molar-refractivity contribution in [1.29, 1.82) is 0 Å². The summed E-state index contributed by atoms with van der Waals surface area (Å²) in [5, 5.41) is 3.67. The first-order valence-electron chi connectivity index (χ1n) is 9.94. The lowest BCUT2D eigenvalue weighted by molar-refractivity contribution is 0.103. The molecule has 1 aliphatic heterocycles. The van der Waals surface area contributed by atoms with E-state index in [2.05, 4.69) is 27.3 Å². The summed E-state index contributed by atoms with van der Waals surface area (Å²) in [5.41, 5.74) is 3.51. The van der Waals surface area contributed by atoms with Gasteiger partial charge < -0.3 is 5.32 Å². The van der Waals surface area contributed by atoms with Crippen molar-refractivity contribution >= 4 is 22.9 Å². The van der Waals surface area contributed by atoms with Crippen molar-refractivity contribution in [2.75, 3.05) is 18.4 Å². The fourth-order valence-electron chi connectivity index (χ4n) is 3.58. The SMILES string of the molecule is Cc1nc(-c2ccc(F)cc2)sc1C(=O)Nc1ccc(CN2CCCCC2)cc1. The maximum atomic E-state index is 13.1. The van der Waals surface area contributed by atoms with Crippen LogP contribution < -0.4 is 5.32 Å². The van der Waals surface area contributed by atoms with Crippen LogP contribution in [-0.2, 0) is 6.54 Å². The van der Waals surface area contributed by atoms with Crippen LogP contribution in [0.4, 0.5) is 10.1 Å². The number of nitrogens with one attached hydrogen (secondary N) is 1. The average Bonchev–Trinajstić information content (AvgIpc) is 3.12. The number of rotatable bonds is 5. The van der Waals surface area contributed by atoms with Crippen LogP contribution in [0.1, 0.15) is 40.2 Å². The van der Waals surface area contributed by atoms with E-state index in [1.54, 1.807) is 12.1 Å². The van der Waals surface area contributed by atoms with Gasteiger partial charge in [-0.3, -0.25) is 9.69 Å². The number of anilines is 1. The Morgan fingerprint density at radius 1 is 1.07 bits per heavy atom. The molecule has 1 aliphatic rings. The van der Waals surface area contributed by atoms with Crippen molar-refractivity contribution in [1.82, 2.24) is 9.88 Å². The predicted molar refractivity (Wildman–Crippen MR) is 116 cm³/mol. The van der Waals surface area contributed by atoms with Crippen LogP contribution in [0, 0.1) is 12.7 Å². The van der Waals surface area contributed by atoms with Crippen molar-refractivity contribution < 1.29 is 9.18 Å². The highest BCUT2D eigenvalue weighted by molar-refractivity contribution is 7.17. The number of aromatic nitrogens is 1. The fraction of sp³-hybridized carbons (Fsp3) is 0.304. The van der Waals surface area contributed by atoms with E-state index < -0.39 is 0 Å². The summed E-state index contributed by atoms with van der Waals surface area (Å²) in [7, 11) is 0. The number of hydrogen-bond acceptors (Lipinski definition) is 4. The van der Waals surface area contributed by atoms with E-state index in [0.717, 1.165) is 17.8 Å². The second-order valence-corrected chi connectivity index (χ2v) is 8.43. The van der Waals surface area contributed by atoms with Gasteiger partial charge in [0, 0.05) is 17.8 Å². The zero-order chi connectivity index (χ0) is 20.2. The van der Waals surface area contributed by atoms with Crippen molar-refractivity contribution in [3.63, 3.8) is 0 Å². The minimum absolute atomic E-state index is 0.169. The lowest BCUT2D eigenvalue weighted by Gasteiger charge is -2.26. The molecule has 29 heavy (non-hydrogen) atoms. The molecule has 1 N–H and O–H groups in total. The van der Waals surface area contributed by atoms with Gasteiger partial charge >= 0.3 is 0 Å². The Kier molecular flexibility index (Phi) is 6.02. The third-order valence-electron chi connectivity index (χ3n) is 5.16. The Hall–Kier alpha value is -2.57. The number of thiazole rings is 1. The van der Waals surface area contributed by atoms with Gasteiger partial charge in [0.2, 0.25) is 0 Å². The van der Waals surface area contributed by atoms with E-state index in [9.17, 15) is 9.18 Å². The van der Waals surface area contributed by atoms with Crippen LogP contribution >= 0.6 is 11.3 Å². The molecule has 0 radical (unpaired) electrons. The molecule has 0 saturated carbocycles. The lowest BCUT2D eigenvalue weighted by Crippen LogP contribution is -2.29. The molecular weight excluding hydrogens is 385 g/mol. The van der Waals surface area contributed by atoms with Crippen LogP contribution in [0.5, 0.6) is 0 Å². The molecule has 150 valence electrons. The Bertz CT molecular complexity index is 976. The van der Waals surface area contributed by atoms with Gasteiger partial charge in [0.1, 0.15) is 15.7 Å². The Morgan fingerprint density at radius 3 is 2.45 bits per heavy atom. The summed E-state index contributed by atoms with van der Waals surface area (Å²) in [6.07, 6.45) is 3.89. The molecule has 6 heteroatoms. The van der Waals surface area contributed by atoms with Crippen LogP contribution in [0.25, 0.3) is 10.6 Å².